The fraction of sp³-hybridized carbons (Fsp3) is 0.533. The van der Waals surface area contributed by atoms with Crippen molar-refractivity contribution in [2.45, 2.75) is 26.2 Å². The monoisotopic (exact) mass is 244 g/mol. The van der Waals surface area contributed by atoms with Crippen LogP contribution in [-0.2, 0) is 0 Å². The van der Waals surface area contributed by atoms with E-state index >= 15 is 0 Å². The summed E-state index contributed by atoms with van der Waals surface area (Å²) in [7, 11) is 1.66. The molecule has 1 aromatic rings. The van der Waals surface area contributed by atoms with Gasteiger partial charge in [-0.2, -0.15) is 5.26 Å². The zero-order valence-corrected chi connectivity index (χ0v) is 11.1. The normalized spacial score (nSPS) is 19.4. The van der Waals surface area contributed by atoms with E-state index in [0.717, 1.165) is 36.0 Å². The van der Waals surface area contributed by atoms with Crippen LogP contribution in [0.4, 0.5) is 5.69 Å². The zero-order chi connectivity index (χ0) is 13.0. The molecule has 1 fully saturated rings. The molecule has 0 aliphatic carbocycles. The van der Waals surface area contributed by atoms with Gasteiger partial charge in [-0.25, -0.2) is 0 Å². The standard InChI is InChI=1S/C15H20N2O/c1-3-12-5-4-8-17(11-12)15-9-14(18-2)7-6-13(15)10-16/h6-7,9,12H,3-5,8,11H2,1-2H3. The molecule has 1 aromatic carbocycles. The Morgan fingerprint density at radius 1 is 1.50 bits per heavy atom. The van der Waals surface area contributed by atoms with E-state index in [1.165, 1.54) is 19.3 Å². The molecule has 1 aliphatic heterocycles. The van der Waals surface area contributed by atoms with Crippen molar-refractivity contribution in [3.05, 3.63) is 23.8 Å². The topological polar surface area (TPSA) is 36.3 Å². The molecular formula is C15H20N2O. The highest BCUT2D eigenvalue weighted by Gasteiger charge is 2.21. The molecule has 1 aliphatic rings. The molecule has 0 aromatic heterocycles. The van der Waals surface area contributed by atoms with Crippen molar-refractivity contribution < 1.29 is 4.74 Å². The molecule has 2 rings (SSSR count). The van der Waals surface area contributed by atoms with Crippen molar-refractivity contribution in [2.75, 3.05) is 25.1 Å². The van der Waals surface area contributed by atoms with Crippen LogP contribution in [0, 0.1) is 17.2 Å². The average molecular weight is 244 g/mol. The highest BCUT2D eigenvalue weighted by atomic mass is 16.5. The highest BCUT2D eigenvalue weighted by Crippen LogP contribution is 2.30. The lowest BCUT2D eigenvalue weighted by atomic mass is 9.95. The first kappa shape index (κ1) is 12.8. The summed E-state index contributed by atoms with van der Waals surface area (Å²) < 4.78 is 5.26. The van der Waals surface area contributed by atoms with Gasteiger partial charge in [0.25, 0.3) is 0 Å². The fourth-order valence-corrected chi connectivity index (χ4v) is 2.61. The van der Waals surface area contributed by atoms with E-state index in [-0.39, 0.29) is 0 Å². The molecule has 96 valence electrons. The first-order valence-electron chi connectivity index (χ1n) is 6.61. The summed E-state index contributed by atoms with van der Waals surface area (Å²) in [6.07, 6.45) is 3.72. The van der Waals surface area contributed by atoms with Crippen LogP contribution in [0.1, 0.15) is 31.7 Å². The summed E-state index contributed by atoms with van der Waals surface area (Å²) in [5, 5.41) is 9.22. The summed E-state index contributed by atoms with van der Waals surface area (Å²) >= 11 is 0. The Kier molecular flexibility index (Phi) is 4.09. The molecule has 1 atom stereocenters. The largest absolute Gasteiger partial charge is 0.497 e. The SMILES string of the molecule is CCC1CCCN(c2cc(OC)ccc2C#N)C1. The lowest BCUT2D eigenvalue weighted by molar-refractivity contribution is 0.401. The summed E-state index contributed by atoms with van der Waals surface area (Å²) in [4.78, 5) is 2.33. The fourth-order valence-electron chi connectivity index (χ4n) is 2.61. The van der Waals surface area contributed by atoms with Crippen LogP contribution < -0.4 is 9.64 Å². The van der Waals surface area contributed by atoms with Crippen LogP contribution >= 0.6 is 0 Å². The molecule has 0 radical (unpaired) electrons. The van der Waals surface area contributed by atoms with Crippen LogP contribution in [0.2, 0.25) is 0 Å². The second kappa shape index (κ2) is 5.77. The molecule has 0 bridgehead atoms. The molecule has 1 unspecified atom stereocenters. The van der Waals surface area contributed by atoms with E-state index in [4.69, 9.17) is 4.74 Å². The molecular weight excluding hydrogens is 224 g/mol. The van der Waals surface area contributed by atoms with Gasteiger partial charge in [-0.3, -0.25) is 0 Å². The van der Waals surface area contributed by atoms with Gasteiger partial charge in [0.1, 0.15) is 11.8 Å². The summed E-state index contributed by atoms with van der Waals surface area (Å²) in [6, 6.07) is 7.96. The molecule has 3 heteroatoms. The number of piperidine rings is 1. The minimum absolute atomic E-state index is 0.743. The van der Waals surface area contributed by atoms with Crippen LogP contribution in [0.25, 0.3) is 0 Å². The number of nitriles is 1. The third-order valence-electron chi connectivity index (χ3n) is 3.76. The minimum atomic E-state index is 0.743. The Bertz CT molecular complexity index is 450. The average Bonchev–Trinajstić information content (AvgIpc) is 2.46. The summed E-state index contributed by atoms with van der Waals surface area (Å²) in [5.41, 5.74) is 1.77. The summed E-state index contributed by atoms with van der Waals surface area (Å²) in [6.45, 7) is 4.33. The number of anilines is 1. The van der Waals surface area contributed by atoms with E-state index in [1.54, 1.807) is 7.11 Å². The Hall–Kier alpha value is -1.69. The maximum Gasteiger partial charge on any atom is 0.121 e. The van der Waals surface area contributed by atoms with Gasteiger partial charge >= 0.3 is 0 Å². The van der Waals surface area contributed by atoms with E-state index < -0.39 is 0 Å². The maximum absolute atomic E-state index is 9.22. The van der Waals surface area contributed by atoms with Crippen molar-refractivity contribution in [3.63, 3.8) is 0 Å². The Morgan fingerprint density at radius 2 is 2.33 bits per heavy atom. The zero-order valence-electron chi connectivity index (χ0n) is 11.1. The lowest BCUT2D eigenvalue weighted by Gasteiger charge is -2.34. The molecule has 0 spiro atoms. The van der Waals surface area contributed by atoms with Gasteiger partial charge in [0.2, 0.25) is 0 Å². The Balaban J connectivity index is 2.28. The Labute approximate surface area is 109 Å². The maximum atomic E-state index is 9.22. The number of methoxy groups -OCH3 is 1. The summed E-state index contributed by atoms with van der Waals surface area (Å²) in [5.74, 6) is 1.57. The highest BCUT2D eigenvalue weighted by molar-refractivity contribution is 5.62. The van der Waals surface area contributed by atoms with E-state index in [0.29, 0.717) is 0 Å². The van der Waals surface area contributed by atoms with Gasteiger partial charge in [0.05, 0.1) is 18.4 Å². The van der Waals surface area contributed by atoms with Gasteiger partial charge < -0.3 is 9.64 Å². The van der Waals surface area contributed by atoms with E-state index in [1.807, 2.05) is 18.2 Å². The first-order chi connectivity index (χ1) is 8.78. The minimum Gasteiger partial charge on any atom is -0.497 e. The van der Waals surface area contributed by atoms with Gasteiger partial charge in [0.15, 0.2) is 0 Å². The number of benzene rings is 1. The number of rotatable bonds is 3. The molecule has 0 N–H and O–H groups in total. The van der Waals surface area contributed by atoms with E-state index in [9.17, 15) is 5.26 Å². The third-order valence-corrected chi connectivity index (χ3v) is 3.76. The molecule has 0 saturated carbocycles. The van der Waals surface area contributed by atoms with Crippen molar-refractivity contribution >= 4 is 5.69 Å². The van der Waals surface area contributed by atoms with Crippen molar-refractivity contribution in [1.29, 1.82) is 5.26 Å². The molecule has 0 amide bonds. The predicted molar refractivity (Wildman–Crippen MR) is 72.9 cm³/mol. The van der Waals surface area contributed by atoms with Crippen molar-refractivity contribution in [3.8, 4) is 11.8 Å². The van der Waals surface area contributed by atoms with Crippen LogP contribution in [0.15, 0.2) is 18.2 Å². The quantitative estimate of drug-likeness (QED) is 0.819. The molecule has 1 saturated heterocycles. The third kappa shape index (κ3) is 2.59. The number of ether oxygens (including phenoxy) is 1. The first-order valence-corrected chi connectivity index (χ1v) is 6.61. The molecule has 18 heavy (non-hydrogen) atoms. The lowest BCUT2D eigenvalue weighted by Crippen LogP contribution is -2.35. The van der Waals surface area contributed by atoms with Crippen LogP contribution in [0.3, 0.4) is 0 Å². The number of hydrogen-bond acceptors (Lipinski definition) is 3. The van der Waals surface area contributed by atoms with Gasteiger partial charge in [0, 0.05) is 19.2 Å². The second-order valence-corrected chi connectivity index (χ2v) is 4.86. The van der Waals surface area contributed by atoms with Crippen molar-refractivity contribution in [2.24, 2.45) is 5.92 Å². The van der Waals surface area contributed by atoms with E-state index in [2.05, 4.69) is 17.9 Å². The van der Waals surface area contributed by atoms with Gasteiger partial charge in [-0.1, -0.05) is 13.3 Å². The van der Waals surface area contributed by atoms with Crippen LogP contribution in [0.5, 0.6) is 5.75 Å². The second-order valence-electron chi connectivity index (χ2n) is 4.86. The van der Waals surface area contributed by atoms with Gasteiger partial charge in [-0.05, 0) is 30.9 Å². The number of nitrogens with zero attached hydrogens (tertiary/aromatic N) is 2. The smallest absolute Gasteiger partial charge is 0.121 e. The molecule has 1 heterocycles. The van der Waals surface area contributed by atoms with Gasteiger partial charge in [-0.15, -0.1) is 0 Å². The molecule has 3 nitrogen and oxygen atoms in total. The van der Waals surface area contributed by atoms with Crippen LogP contribution in [-0.4, -0.2) is 20.2 Å². The Morgan fingerprint density at radius 3 is 3.00 bits per heavy atom. The number of hydrogen-bond donors (Lipinski definition) is 0. The van der Waals surface area contributed by atoms with Crippen molar-refractivity contribution in [1.82, 2.24) is 0 Å². The predicted octanol–water partition coefficient (Wildman–Crippen LogP) is 3.19.